The molecule has 0 radical (unpaired) electrons. The van der Waals surface area contributed by atoms with Crippen LogP contribution in [0.5, 0.6) is 0 Å². The topological polar surface area (TPSA) is 90.4 Å². The summed E-state index contributed by atoms with van der Waals surface area (Å²) in [5.41, 5.74) is -2.23. The van der Waals surface area contributed by atoms with E-state index in [1.54, 1.807) is 16.7 Å². The zero-order valence-corrected chi connectivity index (χ0v) is 20.2. The molecule has 0 aromatic heterocycles. The maximum Gasteiger partial charge on any atom is 0.249 e. The third-order valence-corrected chi connectivity index (χ3v) is 7.68. The molecule has 0 bridgehead atoms. The number of aliphatic hydroxyl groups excluding tert-OH is 1. The summed E-state index contributed by atoms with van der Waals surface area (Å²) >= 11 is 0. The van der Waals surface area contributed by atoms with Crippen molar-refractivity contribution in [3.8, 4) is 0 Å². The van der Waals surface area contributed by atoms with Crippen LogP contribution in [0.1, 0.15) is 47.0 Å². The van der Waals surface area contributed by atoms with Crippen LogP contribution in [0, 0.1) is 11.8 Å². The number of hydrogen-bond donors (Lipinski definition) is 1. The zero-order chi connectivity index (χ0) is 24.0. The number of ether oxygens (including phenoxy) is 1. The van der Waals surface area contributed by atoms with Crippen LogP contribution in [0.25, 0.3) is 0 Å². The van der Waals surface area contributed by atoms with Gasteiger partial charge in [-0.2, -0.15) is 0 Å². The Morgan fingerprint density at radius 2 is 1.67 bits per heavy atom. The maximum absolute atomic E-state index is 14.0. The Balaban J connectivity index is 1.84. The second-order valence-electron chi connectivity index (χ2n) is 10.0. The van der Waals surface area contributed by atoms with Crippen molar-refractivity contribution < 1.29 is 24.2 Å². The highest BCUT2D eigenvalue weighted by molar-refractivity contribution is 6.00. The fourth-order valence-corrected chi connectivity index (χ4v) is 6.14. The van der Waals surface area contributed by atoms with E-state index >= 15 is 0 Å². The first-order valence-corrected chi connectivity index (χ1v) is 12.3. The molecule has 8 heteroatoms. The molecular weight excluding hydrogens is 422 g/mol. The highest BCUT2D eigenvalue weighted by atomic mass is 16.5. The molecule has 182 valence electrons. The smallest absolute Gasteiger partial charge is 0.249 e. The fourth-order valence-electron chi connectivity index (χ4n) is 6.14. The summed E-state index contributed by atoms with van der Waals surface area (Å²) in [6.07, 6.45) is 10.2. The van der Waals surface area contributed by atoms with Gasteiger partial charge in [-0.25, -0.2) is 0 Å². The summed E-state index contributed by atoms with van der Waals surface area (Å²) in [6.45, 7) is 9.54. The minimum absolute atomic E-state index is 0.107. The molecule has 1 spiro atoms. The Kier molecular flexibility index (Phi) is 6.44. The van der Waals surface area contributed by atoms with Gasteiger partial charge >= 0.3 is 0 Å². The largest absolute Gasteiger partial charge is 0.394 e. The van der Waals surface area contributed by atoms with Crippen LogP contribution in [0.15, 0.2) is 24.3 Å². The predicted molar refractivity (Wildman–Crippen MR) is 123 cm³/mol. The third kappa shape index (κ3) is 3.53. The van der Waals surface area contributed by atoms with Crippen molar-refractivity contribution in [3.05, 3.63) is 24.3 Å². The van der Waals surface area contributed by atoms with Crippen LogP contribution in [-0.4, -0.2) is 93.6 Å². The Labute approximate surface area is 196 Å². The number of carbonyl (C=O) groups excluding carboxylic acids is 3. The summed E-state index contributed by atoms with van der Waals surface area (Å²) in [5.74, 6) is -2.11. The van der Waals surface area contributed by atoms with Gasteiger partial charge in [0.1, 0.15) is 11.6 Å². The number of nitrogens with zero attached hydrogens (tertiary/aromatic N) is 3. The molecule has 4 aliphatic heterocycles. The van der Waals surface area contributed by atoms with E-state index in [1.165, 1.54) is 4.90 Å². The fraction of sp³-hybridized carbons (Fsp3) is 0.720. The van der Waals surface area contributed by atoms with E-state index in [0.29, 0.717) is 26.2 Å². The SMILES string of the molecule is CCCCN1CC=C[C@]23O[C@]4(C)C=CCN(CCC)C(=O)[C@@H]4[C@H]2C(=O)N([C@H](C)CO)C3C1=O. The van der Waals surface area contributed by atoms with Crippen molar-refractivity contribution in [2.45, 2.75) is 70.2 Å². The Bertz CT molecular complexity index is 872. The monoisotopic (exact) mass is 459 g/mol. The van der Waals surface area contributed by atoms with Gasteiger partial charge in [-0.05, 0) is 26.7 Å². The van der Waals surface area contributed by atoms with Gasteiger partial charge in [0.05, 0.1) is 30.1 Å². The van der Waals surface area contributed by atoms with Crippen molar-refractivity contribution in [1.82, 2.24) is 14.7 Å². The summed E-state index contributed by atoms with van der Waals surface area (Å²) in [7, 11) is 0. The molecule has 3 amide bonds. The van der Waals surface area contributed by atoms with E-state index < -0.39 is 35.1 Å². The number of likely N-dealkylation sites (tertiary alicyclic amines) is 1. The minimum atomic E-state index is -1.24. The molecule has 2 saturated heterocycles. The summed E-state index contributed by atoms with van der Waals surface area (Å²) in [6, 6.07) is -1.47. The van der Waals surface area contributed by atoms with E-state index in [2.05, 4.69) is 6.92 Å². The van der Waals surface area contributed by atoms with Crippen LogP contribution in [0.2, 0.25) is 0 Å². The average Bonchev–Trinajstić information content (AvgIpc) is 3.07. The van der Waals surface area contributed by atoms with Crippen LogP contribution in [0.3, 0.4) is 0 Å². The summed E-state index contributed by atoms with van der Waals surface area (Å²) in [4.78, 5) is 46.7. The second-order valence-corrected chi connectivity index (χ2v) is 10.0. The normalized spacial score (nSPS) is 36.6. The first kappa shape index (κ1) is 24.0. The van der Waals surface area contributed by atoms with Gasteiger partial charge in [-0.15, -0.1) is 0 Å². The van der Waals surface area contributed by atoms with Crippen molar-refractivity contribution in [2.75, 3.05) is 32.8 Å². The molecule has 4 heterocycles. The number of unbranched alkanes of at least 4 members (excludes halogenated alkanes) is 1. The van der Waals surface area contributed by atoms with Crippen LogP contribution < -0.4 is 0 Å². The van der Waals surface area contributed by atoms with Crippen molar-refractivity contribution >= 4 is 17.7 Å². The standard InChI is InChI=1S/C25H37N3O5/c1-5-7-13-27-15-9-11-25-19(22(31)28(17(3)16-29)20(25)23(27)32)18-21(30)26(12-6-2)14-8-10-24(18,4)33-25/h8-11,17-20,29H,5-7,12-16H2,1-4H3/t17-,18+,19+,20?,24-,25+/m1/s1. The van der Waals surface area contributed by atoms with Crippen LogP contribution >= 0.6 is 0 Å². The Morgan fingerprint density at radius 1 is 1.00 bits per heavy atom. The molecule has 0 aliphatic carbocycles. The van der Waals surface area contributed by atoms with Crippen molar-refractivity contribution in [3.63, 3.8) is 0 Å². The molecule has 8 nitrogen and oxygen atoms in total. The number of carbonyl (C=O) groups is 3. The average molecular weight is 460 g/mol. The number of hydrogen-bond acceptors (Lipinski definition) is 5. The predicted octanol–water partition coefficient (Wildman–Crippen LogP) is 1.35. The van der Waals surface area contributed by atoms with Gasteiger partial charge in [0.2, 0.25) is 17.7 Å². The van der Waals surface area contributed by atoms with E-state index in [-0.39, 0.29) is 24.3 Å². The molecule has 4 rings (SSSR count). The highest BCUT2D eigenvalue weighted by Gasteiger charge is 2.75. The third-order valence-electron chi connectivity index (χ3n) is 7.68. The van der Waals surface area contributed by atoms with E-state index in [0.717, 1.165) is 19.3 Å². The lowest BCUT2D eigenvalue weighted by Gasteiger charge is -2.39. The lowest BCUT2D eigenvalue weighted by atomic mass is 9.74. The Hall–Kier alpha value is -2.19. The van der Waals surface area contributed by atoms with Gasteiger partial charge in [0.15, 0.2) is 0 Å². The van der Waals surface area contributed by atoms with Gasteiger partial charge in [-0.3, -0.25) is 14.4 Å². The number of amides is 3. The quantitative estimate of drug-likeness (QED) is 0.581. The molecule has 33 heavy (non-hydrogen) atoms. The number of aliphatic hydroxyl groups is 1. The van der Waals surface area contributed by atoms with Crippen molar-refractivity contribution in [2.24, 2.45) is 11.8 Å². The van der Waals surface area contributed by atoms with Gasteiger partial charge in [0.25, 0.3) is 0 Å². The molecule has 1 unspecified atom stereocenters. The van der Waals surface area contributed by atoms with Gasteiger partial charge in [0, 0.05) is 26.2 Å². The molecule has 6 atom stereocenters. The maximum atomic E-state index is 14.0. The lowest BCUT2D eigenvalue weighted by molar-refractivity contribution is -0.155. The summed E-state index contributed by atoms with van der Waals surface area (Å²) in [5, 5.41) is 9.96. The number of fused-ring (bicyclic) bond motifs is 2. The van der Waals surface area contributed by atoms with Crippen LogP contribution in [-0.2, 0) is 19.1 Å². The molecule has 4 aliphatic rings. The van der Waals surface area contributed by atoms with Crippen molar-refractivity contribution in [1.29, 1.82) is 0 Å². The molecule has 0 aromatic rings. The summed E-state index contributed by atoms with van der Waals surface area (Å²) < 4.78 is 6.73. The van der Waals surface area contributed by atoms with E-state index in [1.807, 2.05) is 38.2 Å². The van der Waals surface area contributed by atoms with E-state index in [4.69, 9.17) is 4.74 Å². The molecule has 1 N–H and O–H groups in total. The lowest BCUT2D eigenvalue weighted by Crippen LogP contribution is -2.58. The molecule has 2 fully saturated rings. The zero-order valence-electron chi connectivity index (χ0n) is 20.2. The second kappa shape index (κ2) is 8.87. The first-order valence-electron chi connectivity index (χ1n) is 12.3. The molecule has 0 saturated carbocycles. The van der Waals surface area contributed by atoms with Gasteiger partial charge in [-0.1, -0.05) is 44.6 Å². The molecule has 0 aromatic carbocycles. The minimum Gasteiger partial charge on any atom is -0.394 e. The number of rotatable bonds is 7. The van der Waals surface area contributed by atoms with Gasteiger partial charge < -0.3 is 24.5 Å². The highest BCUT2D eigenvalue weighted by Crippen LogP contribution is 2.57. The van der Waals surface area contributed by atoms with Crippen LogP contribution in [0.4, 0.5) is 0 Å². The molecular formula is C25H37N3O5. The Morgan fingerprint density at radius 3 is 2.30 bits per heavy atom. The van der Waals surface area contributed by atoms with E-state index in [9.17, 15) is 19.5 Å². The first-order chi connectivity index (χ1) is 15.8.